The van der Waals surface area contributed by atoms with Gasteiger partial charge in [-0.25, -0.2) is 0 Å². The molecule has 3 heterocycles. The van der Waals surface area contributed by atoms with E-state index in [1.54, 1.807) is 0 Å². The largest absolute Gasteiger partial charge is 0.308 e. The Morgan fingerprint density at radius 2 is 0.948 bits per heavy atom. The van der Waals surface area contributed by atoms with E-state index in [-0.39, 0.29) is 0 Å². The number of thiophene rings is 3. The average molecular weight is 792 g/mol. The minimum absolute atomic E-state index is 1.15. The van der Waals surface area contributed by atoms with Crippen LogP contribution < -0.4 is 4.90 Å². The predicted molar refractivity (Wildman–Crippen MR) is 256 cm³/mol. The summed E-state index contributed by atoms with van der Waals surface area (Å²) in [4.78, 5) is 2.56. The number of benzene rings is 9. The number of anilines is 3. The molecule has 0 saturated heterocycles. The van der Waals surface area contributed by atoms with Crippen LogP contribution in [0.1, 0.15) is 0 Å². The summed E-state index contributed by atoms with van der Waals surface area (Å²) in [6, 6.07) is 73.8. The zero-order valence-electron chi connectivity index (χ0n) is 31.2. The molecular weight excluding hydrogens is 759 g/mol. The van der Waals surface area contributed by atoms with Gasteiger partial charge in [0.25, 0.3) is 0 Å². The summed E-state index contributed by atoms with van der Waals surface area (Å²) in [5.74, 6) is 0. The third kappa shape index (κ3) is 5.34. The van der Waals surface area contributed by atoms with Gasteiger partial charge in [0.2, 0.25) is 0 Å². The Morgan fingerprint density at radius 1 is 0.293 bits per heavy atom. The predicted octanol–water partition coefficient (Wildman–Crippen LogP) is 17.3. The van der Waals surface area contributed by atoms with E-state index in [4.69, 9.17) is 0 Å². The van der Waals surface area contributed by atoms with Crippen LogP contribution in [0.5, 0.6) is 0 Å². The normalized spacial score (nSPS) is 11.8. The second-order valence-corrected chi connectivity index (χ2v) is 18.0. The van der Waals surface area contributed by atoms with Gasteiger partial charge < -0.3 is 4.90 Å². The lowest BCUT2D eigenvalue weighted by Gasteiger charge is -2.28. The van der Waals surface area contributed by atoms with E-state index in [0.29, 0.717) is 0 Å². The van der Waals surface area contributed by atoms with Gasteiger partial charge in [-0.15, -0.1) is 34.0 Å². The Morgan fingerprint density at radius 3 is 1.76 bits per heavy atom. The van der Waals surface area contributed by atoms with Crippen LogP contribution >= 0.6 is 34.0 Å². The maximum Gasteiger partial charge on any atom is 0.0640 e. The van der Waals surface area contributed by atoms with Crippen molar-refractivity contribution in [2.45, 2.75) is 0 Å². The highest BCUT2D eigenvalue weighted by molar-refractivity contribution is 7.27. The van der Waals surface area contributed by atoms with Crippen LogP contribution in [-0.4, -0.2) is 0 Å². The molecular formula is C54H33NS3. The van der Waals surface area contributed by atoms with Crippen molar-refractivity contribution in [2.24, 2.45) is 0 Å². The highest BCUT2D eigenvalue weighted by Crippen LogP contribution is 2.52. The maximum atomic E-state index is 2.56. The summed E-state index contributed by atoms with van der Waals surface area (Å²) in [6.07, 6.45) is 0. The molecule has 0 amide bonds. The first-order valence-corrected chi connectivity index (χ1v) is 22.0. The van der Waals surface area contributed by atoms with Crippen molar-refractivity contribution < 1.29 is 0 Å². The molecule has 0 radical (unpaired) electrons. The summed E-state index contributed by atoms with van der Waals surface area (Å²) in [6.45, 7) is 0. The van der Waals surface area contributed by atoms with Crippen molar-refractivity contribution >= 4 is 112 Å². The molecule has 58 heavy (non-hydrogen) atoms. The van der Waals surface area contributed by atoms with Gasteiger partial charge in [0.15, 0.2) is 0 Å². The third-order valence-corrected chi connectivity index (χ3v) is 15.0. The molecule has 0 aliphatic carbocycles. The summed E-state index contributed by atoms with van der Waals surface area (Å²) in [7, 11) is 0. The first-order chi connectivity index (χ1) is 28.8. The minimum Gasteiger partial charge on any atom is -0.308 e. The van der Waals surface area contributed by atoms with Crippen LogP contribution in [0.3, 0.4) is 0 Å². The monoisotopic (exact) mass is 791 g/mol. The van der Waals surface area contributed by atoms with Crippen molar-refractivity contribution in [2.75, 3.05) is 4.90 Å². The van der Waals surface area contributed by atoms with Gasteiger partial charge in [0, 0.05) is 61.5 Å². The van der Waals surface area contributed by atoms with Crippen molar-refractivity contribution in [3.8, 4) is 33.4 Å². The quantitative estimate of drug-likeness (QED) is 0.162. The standard InChI is InChI=1S/C54H33NS3/c1-4-14-34(15-5-1)37-26-28-43-50(32-37)58-54-40(36-18-8-3-9-19-36)29-30-45(52(43)54)55(46-23-12-22-42-41-20-10-11-24-47(41)57-53(42)46)38-27-31-48-44(33-38)51-39(21-13-25-49(51)56-48)35-16-6-2-7-17-35/h1-33H. The van der Waals surface area contributed by atoms with E-state index in [1.807, 2.05) is 34.0 Å². The highest BCUT2D eigenvalue weighted by Gasteiger charge is 2.24. The van der Waals surface area contributed by atoms with Gasteiger partial charge in [0.05, 0.1) is 16.1 Å². The Hall–Kier alpha value is -6.56. The number of fused-ring (bicyclic) bond motifs is 9. The molecule has 0 aliphatic heterocycles. The van der Waals surface area contributed by atoms with Crippen LogP contribution in [0, 0.1) is 0 Å². The fourth-order valence-electron chi connectivity index (χ4n) is 8.83. The van der Waals surface area contributed by atoms with Crippen molar-refractivity contribution in [3.05, 3.63) is 200 Å². The summed E-state index contributed by atoms with van der Waals surface area (Å²) < 4.78 is 7.77. The molecule has 0 saturated carbocycles. The van der Waals surface area contributed by atoms with E-state index in [0.717, 1.165) is 5.69 Å². The smallest absolute Gasteiger partial charge is 0.0640 e. The van der Waals surface area contributed by atoms with E-state index in [2.05, 4.69) is 205 Å². The number of hydrogen-bond acceptors (Lipinski definition) is 4. The molecule has 272 valence electrons. The zero-order chi connectivity index (χ0) is 38.2. The van der Waals surface area contributed by atoms with Gasteiger partial charge in [-0.2, -0.15) is 0 Å². The summed E-state index contributed by atoms with van der Waals surface area (Å²) in [5, 5.41) is 7.74. The van der Waals surface area contributed by atoms with Gasteiger partial charge >= 0.3 is 0 Å². The Kier molecular flexibility index (Phi) is 7.83. The van der Waals surface area contributed by atoms with Gasteiger partial charge in [-0.3, -0.25) is 0 Å². The maximum absolute atomic E-state index is 2.56. The molecule has 12 aromatic rings. The molecule has 0 N–H and O–H groups in total. The van der Waals surface area contributed by atoms with Crippen molar-refractivity contribution in [3.63, 3.8) is 0 Å². The van der Waals surface area contributed by atoms with E-state index in [1.165, 1.54) is 105 Å². The molecule has 0 aliphatic rings. The summed E-state index contributed by atoms with van der Waals surface area (Å²) >= 11 is 5.67. The Bertz CT molecular complexity index is 3500. The van der Waals surface area contributed by atoms with E-state index in [9.17, 15) is 0 Å². The molecule has 12 rings (SSSR count). The minimum atomic E-state index is 1.15. The number of nitrogens with zero attached hydrogens (tertiary/aromatic N) is 1. The van der Waals surface area contributed by atoms with Gasteiger partial charge in [0.1, 0.15) is 0 Å². The first kappa shape index (κ1) is 33.6. The van der Waals surface area contributed by atoms with Crippen LogP contribution in [0.25, 0.3) is 93.9 Å². The molecule has 0 spiro atoms. The fraction of sp³-hybridized carbons (Fsp3) is 0. The molecule has 0 atom stereocenters. The zero-order valence-corrected chi connectivity index (χ0v) is 33.7. The average Bonchev–Trinajstić information content (AvgIpc) is 3.99. The molecule has 1 nitrogen and oxygen atoms in total. The molecule has 4 heteroatoms. The van der Waals surface area contributed by atoms with Gasteiger partial charge in [-0.05, 0) is 81.9 Å². The van der Waals surface area contributed by atoms with Crippen molar-refractivity contribution in [1.82, 2.24) is 0 Å². The summed E-state index contributed by atoms with van der Waals surface area (Å²) in [5.41, 5.74) is 11.0. The third-order valence-electron chi connectivity index (χ3n) is 11.5. The van der Waals surface area contributed by atoms with Crippen LogP contribution in [0.15, 0.2) is 200 Å². The lowest BCUT2D eigenvalue weighted by molar-refractivity contribution is 1.33. The first-order valence-electron chi connectivity index (χ1n) is 19.6. The van der Waals surface area contributed by atoms with Crippen LogP contribution in [0.4, 0.5) is 17.1 Å². The fourth-order valence-corrected chi connectivity index (χ4v) is 12.4. The lowest BCUT2D eigenvalue weighted by Crippen LogP contribution is -2.10. The molecule has 0 bridgehead atoms. The second kappa shape index (κ2) is 13.5. The highest BCUT2D eigenvalue weighted by atomic mass is 32.1. The Labute approximate surface area is 347 Å². The van der Waals surface area contributed by atoms with Crippen molar-refractivity contribution in [1.29, 1.82) is 0 Å². The van der Waals surface area contributed by atoms with E-state index < -0.39 is 0 Å². The molecule has 9 aromatic carbocycles. The SMILES string of the molecule is c1ccc(-c2ccc3c(c2)sc2c(-c4ccccc4)ccc(N(c4ccc5sc6cccc(-c7ccccc7)c6c5c4)c4cccc5c4sc4ccccc45)c23)cc1. The number of hydrogen-bond donors (Lipinski definition) is 0. The van der Waals surface area contributed by atoms with Crippen LogP contribution in [0.2, 0.25) is 0 Å². The second-order valence-electron chi connectivity index (χ2n) is 14.8. The molecule has 0 fully saturated rings. The number of rotatable bonds is 6. The van der Waals surface area contributed by atoms with Gasteiger partial charge in [-0.1, -0.05) is 152 Å². The topological polar surface area (TPSA) is 3.24 Å². The lowest BCUT2D eigenvalue weighted by atomic mass is 9.98. The molecule has 0 unspecified atom stereocenters. The Balaban J connectivity index is 1.18. The molecule has 3 aromatic heterocycles. The van der Waals surface area contributed by atoms with Crippen LogP contribution in [-0.2, 0) is 0 Å². The van der Waals surface area contributed by atoms with E-state index >= 15 is 0 Å².